The fraction of sp³-hybridized carbons (Fsp3) is 0.619. The lowest BCUT2D eigenvalue weighted by molar-refractivity contribution is -0.124. The second-order valence-electron chi connectivity index (χ2n) is 9.08. The Bertz CT molecular complexity index is 709. The summed E-state index contributed by atoms with van der Waals surface area (Å²) in [7, 11) is 0. The van der Waals surface area contributed by atoms with E-state index in [0.29, 0.717) is 24.8 Å². The summed E-state index contributed by atoms with van der Waals surface area (Å²) >= 11 is 6.89. The highest BCUT2D eigenvalue weighted by molar-refractivity contribution is 6.24. The van der Waals surface area contributed by atoms with Crippen LogP contribution in [0.4, 0.5) is 4.79 Å². The van der Waals surface area contributed by atoms with Gasteiger partial charge in [-0.2, -0.15) is 0 Å². The van der Waals surface area contributed by atoms with E-state index in [1.54, 1.807) is 0 Å². The minimum atomic E-state index is -0.680. The fourth-order valence-corrected chi connectivity index (χ4v) is 6.89. The highest BCUT2D eigenvalue weighted by Gasteiger charge is 2.57. The topological polar surface area (TPSA) is 84.2 Å². The zero-order valence-corrected chi connectivity index (χ0v) is 16.3. The lowest BCUT2D eigenvalue weighted by Gasteiger charge is -2.60. The largest absolute Gasteiger partial charge is 0.354 e. The molecule has 6 heteroatoms. The SMILES string of the molecule is NC(=O)N[C@H](Cc1ccccc1)C(=O)NCC12C[C@H]3C[C@@H](CC(Cl)(C3)C1)C2. The number of benzene rings is 1. The Labute approximate surface area is 165 Å². The molecule has 4 aliphatic carbocycles. The van der Waals surface area contributed by atoms with E-state index in [4.69, 9.17) is 17.3 Å². The molecule has 146 valence electrons. The molecule has 4 bridgehead atoms. The van der Waals surface area contributed by atoms with Gasteiger partial charge in [0.1, 0.15) is 6.04 Å². The molecule has 4 aliphatic rings. The Kier molecular flexibility index (Phi) is 4.83. The van der Waals surface area contributed by atoms with Crippen LogP contribution in [-0.4, -0.2) is 29.4 Å². The van der Waals surface area contributed by atoms with E-state index in [9.17, 15) is 9.59 Å². The van der Waals surface area contributed by atoms with Crippen LogP contribution < -0.4 is 16.4 Å². The average molecular weight is 390 g/mol. The monoisotopic (exact) mass is 389 g/mol. The van der Waals surface area contributed by atoms with Crippen molar-refractivity contribution in [2.45, 2.75) is 55.9 Å². The third-order valence-corrected chi connectivity index (χ3v) is 7.11. The normalized spacial score (nSPS) is 34.9. The number of rotatable bonds is 6. The van der Waals surface area contributed by atoms with Crippen LogP contribution in [0, 0.1) is 17.3 Å². The van der Waals surface area contributed by atoms with E-state index in [1.807, 2.05) is 30.3 Å². The van der Waals surface area contributed by atoms with E-state index in [-0.39, 0.29) is 16.2 Å². The Morgan fingerprint density at radius 2 is 1.81 bits per heavy atom. The lowest BCUT2D eigenvalue weighted by atomic mass is 9.49. The van der Waals surface area contributed by atoms with Gasteiger partial charge in [0.2, 0.25) is 5.91 Å². The molecule has 0 unspecified atom stereocenters. The quantitative estimate of drug-likeness (QED) is 0.653. The predicted molar refractivity (Wildman–Crippen MR) is 105 cm³/mol. The first-order chi connectivity index (χ1) is 12.8. The van der Waals surface area contributed by atoms with Gasteiger partial charge in [0.05, 0.1) is 0 Å². The summed E-state index contributed by atoms with van der Waals surface area (Å²) in [4.78, 5) is 24.2. The number of urea groups is 1. The van der Waals surface area contributed by atoms with Crippen molar-refractivity contribution in [3.8, 4) is 0 Å². The summed E-state index contributed by atoms with van der Waals surface area (Å²) in [5.41, 5.74) is 6.40. The summed E-state index contributed by atoms with van der Waals surface area (Å²) in [6.45, 7) is 0.638. The number of carbonyl (C=O) groups is 2. The predicted octanol–water partition coefficient (Wildman–Crippen LogP) is 2.96. The van der Waals surface area contributed by atoms with Gasteiger partial charge in [0, 0.05) is 17.8 Å². The van der Waals surface area contributed by atoms with Crippen LogP contribution in [0.2, 0.25) is 0 Å². The van der Waals surface area contributed by atoms with Crippen LogP contribution in [0.15, 0.2) is 30.3 Å². The molecule has 27 heavy (non-hydrogen) atoms. The minimum absolute atomic E-state index is 0.0657. The Balaban J connectivity index is 1.41. The number of hydrogen-bond acceptors (Lipinski definition) is 2. The first kappa shape index (κ1) is 18.6. The van der Waals surface area contributed by atoms with Gasteiger partial charge in [-0.3, -0.25) is 4.79 Å². The van der Waals surface area contributed by atoms with Crippen molar-refractivity contribution in [1.82, 2.24) is 10.6 Å². The van der Waals surface area contributed by atoms with Gasteiger partial charge in [0.15, 0.2) is 0 Å². The molecule has 0 spiro atoms. The molecule has 0 aromatic heterocycles. The maximum Gasteiger partial charge on any atom is 0.312 e. The third kappa shape index (κ3) is 4.08. The molecule has 5 rings (SSSR count). The Hall–Kier alpha value is -1.75. The van der Waals surface area contributed by atoms with Crippen LogP contribution in [-0.2, 0) is 11.2 Å². The van der Waals surface area contributed by atoms with Crippen molar-refractivity contribution in [1.29, 1.82) is 0 Å². The van der Waals surface area contributed by atoms with Crippen molar-refractivity contribution in [3.05, 3.63) is 35.9 Å². The molecular weight excluding hydrogens is 362 g/mol. The standard InChI is InChI=1S/C21H28ClN3O2/c22-21-10-15-6-16(11-21)9-20(8-15,12-21)13-24-18(26)17(25-19(23)27)7-14-4-2-1-3-5-14/h1-5,15-17H,6-13H2,(H,24,26)(H3,23,25,27)/t15-,16-,17-,20?,21?/m1/s1. The number of nitrogens with one attached hydrogen (secondary N) is 2. The van der Waals surface area contributed by atoms with E-state index in [2.05, 4.69) is 10.6 Å². The van der Waals surface area contributed by atoms with Gasteiger partial charge < -0.3 is 16.4 Å². The summed E-state index contributed by atoms with van der Waals surface area (Å²) in [5, 5.41) is 5.71. The van der Waals surface area contributed by atoms with E-state index < -0.39 is 12.1 Å². The van der Waals surface area contributed by atoms with Crippen LogP contribution in [0.3, 0.4) is 0 Å². The molecule has 1 aromatic carbocycles. The molecule has 0 heterocycles. The van der Waals surface area contributed by atoms with Crippen LogP contribution in [0.25, 0.3) is 0 Å². The van der Waals surface area contributed by atoms with Gasteiger partial charge in [-0.25, -0.2) is 4.79 Å². The Morgan fingerprint density at radius 3 is 2.41 bits per heavy atom. The average Bonchev–Trinajstić information content (AvgIpc) is 2.57. The lowest BCUT2D eigenvalue weighted by Crippen LogP contribution is -2.58. The molecule has 3 atom stereocenters. The molecule has 4 fully saturated rings. The second kappa shape index (κ2) is 7.01. The molecule has 5 nitrogen and oxygen atoms in total. The third-order valence-electron chi connectivity index (χ3n) is 6.66. The number of halogens is 1. The summed E-state index contributed by atoms with van der Waals surface area (Å²) in [6.07, 6.45) is 7.27. The maximum atomic E-state index is 12.8. The Morgan fingerprint density at radius 1 is 1.15 bits per heavy atom. The van der Waals surface area contributed by atoms with E-state index in [0.717, 1.165) is 37.7 Å². The van der Waals surface area contributed by atoms with Gasteiger partial charge in [-0.15, -0.1) is 11.6 Å². The van der Waals surface area contributed by atoms with Gasteiger partial charge in [-0.1, -0.05) is 30.3 Å². The fourth-order valence-electron chi connectivity index (χ4n) is 6.17. The number of primary amides is 1. The summed E-state index contributed by atoms with van der Waals surface area (Å²) in [5.74, 6) is 1.23. The molecule has 3 amide bonds. The van der Waals surface area contributed by atoms with Crippen molar-refractivity contribution in [2.24, 2.45) is 23.0 Å². The van der Waals surface area contributed by atoms with Crippen molar-refractivity contribution in [2.75, 3.05) is 6.54 Å². The smallest absolute Gasteiger partial charge is 0.312 e. The zero-order chi connectivity index (χ0) is 19.1. The van der Waals surface area contributed by atoms with Crippen LogP contribution >= 0.6 is 11.6 Å². The first-order valence-corrected chi connectivity index (χ1v) is 10.3. The van der Waals surface area contributed by atoms with Gasteiger partial charge >= 0.3 is 6.03 Å². The second-order valence-corrected chi connectivity index (χ2v) is 9.88. The van der Waals surface area contributed by atoms with Crippen molar-refractivity contribution in [3.63, 3.8) is 0 Å². The highest BCUT2D eigenvalue weighted by atomic mass is 35.5. The molecule has 4 N–H and O–H groups in total. The summed E-state index contributed by atoms with van der Waals surface area (Å²) in [6, 6.07) is 8.31. The first-order valence-electron chi connectivity index (χ1n) is 9.91. The minimum Gasteiger partial charge on any atom is -0.354 e. The molecule has 0 radical (unpaired) electrons. The van der Waals surface area contributed by atoms with Gasteiger partial charge in [-0.05, 0) is 61.3 Å². The van der Waals surface area contributed by atoms with Crippen molar-refractivity contribution >= 4 is 23.5 Å². The molecule has 1 aromatic rings. The summed E-state index contributed by atoms with van der Waals surface area (Å²) < 4.78 is 0. The molecule has 0 saturated heterocycles. The zero-order valence-electron chi connectivity index (χ0n) is 15.5. The highest BCUT2D eigenvalue weighted by Crippen LogP contribution is 2.63. The van der Waals surface area contributed by atoms with E-state index in [1.165, 1.54) is 6.42 Å². The van der Waals surface area contributed by atoms with Crippen LogP contribution in [0.1, 0.15) is 44.1 Å². The molecule has 0 aliphatic heterocycles. The van der Waals surface area contributed by atoms with Gasteiger partial charge in [0.25, 0.3) is 0 Å². The number of alkyl halides is 1. The number of amides is 3. The number of carbonyl (C=O) groups excluding carboxylic acids is 2. The van der Waals surface area contributed by atoms with Crippen molar-refractivity contribution < 1.29 is 9.59 Å². The molecule has 4 saturated carbocycles. The van der Waals surface area contributed by atoms with Crippen LogP contribution in [0.5, 0.6) is 0 Å². The number of nitrogens with two attached hydrogens (primary N) is 1. The molecular formula is C21H28ClN3O2. The maximum absolute atomic E-state index is 12.8. The van der Waals surface area contributed by atoms with E-state index >= 15 is 0 Å². The number of hydrogen-bond donors (Lipinski definition) is 3.